The first kappa shape index (κ1) is 11.6. The van der Waals surface area contributed by atoms with Gasteiger partial charge in [-0.15, -0.1) is 11.3 Å². The highest BCUT2D eigenvalue weighted by Gasteiger charge is 2.17. The Labute approximate surface area is 101 Å². The summed E-state index contributed by atoms with van der Waals surface area (Å²) in [4.78, 5) is 4.49. The topological polar surface area (TPSA) is 34.2 Å². The summed E-state index contributed by atoms with van der Waals surface area (Å²) in [6, 6.07) is 0.269. The molecule has 0 radical (unpaired) electrons. The van der Waals surface area contributed by atoms with E-state index in [1.165, 1.54) is 5.01 Å². The van der Waals surface area contributed by atoms with E-state index in [2.05, 4.69) is 21.8 Å². The second-order valence-corrected chi connectivity index (χ2v) is 4.97. The fourth-order valence-electron chi connectivity index (χ4n) is 1.84. The Bertz CT molecular complexity index is 373. The molecular weight excluding hydrogens is 220 g/mol. The van der Waals surface area contributed by atoms with Gasteiger partial charge in [0.05, 0.1) is 17.7 Å². The number of aryl methyl sites for hydroxylation is 1. The Morgan fingerprint density at radius 2 is 2.50 bits per heavy atom. The molecule has 0 saturated carbocycles. The van der Waals surface area contributed by atoms with Gasteiger partial charge in [0.1, 0.15) is 5.76 Å². The van der Waals surface area contributed by atoms with Gasteiger partial charge in [-0.2, -0.15) is 0 Å². The quantitative estimate of drug-likeness (QED) is 0.874. The maximum absolute atomic E-state index is 5.69. The Hall–Kier alpha value is -0.870. The van der Waals surface area contributed by atoms with Crippen LogP contribution in [0.1, 0.15) is 23.5 Å². The van der Waals surface area contributed by atoms with Gasteiger partial charge < -0.3 is 10.1 Å². The summed E-state index contributed by atoms with van der Waals surface area (Å²) in [5.41, 5.74) is 1.10. The first-order valence-electron chi connectivity index (χ1n) is 5.70. The van der Waals surface area contributed by atoms with Gasteiger partial charge in [-0.1, -0.05) is 0 Å². The lowest BCUT2D eigenvalue weighted by Gasteiger charge is -2.22. The van der Waals surface area contributed by atoms with Gasteiger partial charge in [-0.25, -0.2) is 4.98 Å². The Balaban J connectivity index is 2.02. The molecule has 88 valence electrons. The van der Waals surface area contributed by atoms with Crippen LogP contribution in [0.3, 0.4) is 0 Å². The molecule has 2 heterocycles. The minimum atomic E-state index is 0.269. The molecule has 16 heavy (non-hydrogen) atoms. The third-order valence-electron chi connectivity index (χ3n) is 2.70. The fraction of sp³-hybridized carbons (Fsp3) is 0.583. The summed E-state index contributed by atoms with van der Waals surface area (Å²) >= 11 is 1.72. The van der Waals surface area contributed by atoms with Crippen molar-refractivity contribution < 1.29 is 4.74 Å². The summed E-state index contributed by atoms with van der Waals surface area (Å²) in [7, 11) is 1.98. The Morgan fingerprint density at radius 1 is 1.62 bits per heavy atom. The second-order valence-electron chi connectivity index (χ2n) is 4.03. The number of allylic oxidation sites excluding steroid dienone is 1. The number of nitrogens with zero attached hydrogens (tertiary/aromatic N) is 1. The predicted molar refractivity (Wildman–Crippen MR) is 66.7 cm³/mol. The smallest absolute Gasteiger partial charge is 0.109 e. The lowest BCUT2D eigenvalue weighted by atomic mass is 10.1. The van der Waals surface area contributed by atoms with Crippen molar-refractivity contribution in [3.63, 3.8) is 0 Å². The summed E-state index contributed by atoms with van der Waals surface area (Å²) in [5.74, 6) is 1.08. The zero-order valence-corrected chi connectivity index (χ0v) is 10.6. The molecule has 1 aromatic heterocycles. The monoisotopic (exact) mass is 238 g/mol. The van der Waals surface area contributed by atoms with Gasteiger partial charge in [-0.05, 0) is 32.9 Å². The van der Waals surface area contributed by atoms with Crippen molar-refractivity contribution in [2.45, 2.75) is 32.2 Å². The van der Waals surface area contributed by atoms with Gasteiger partial charge in [0.2, 0.25) is 0 Å². The lowest BCUT2D eigenvalue weighted by molar-refractivity contribution is 0.169. The first-order valence-corrected chi connectivity index (χ1v) is 6.58. The SMILES string of the molecule is CNC(Cc1nc(C)cs1)C1=CCCCO1. The molecule has 1 unspecified atom stereocenters. The van der Waals surface area contributed by atoms with Crippen molar-refractivity contribution >= 4 is 11.3 Å². The zero-order chi connectivity index (χ0) is 11.4. The normalized spacial score (nSPS) is 17.8. The minimum Gasteiger partial charge on any atom is -0.497 e. The molecular formula is C12H18N2OS. The van der Waals surface area contributed by atoms with Crippen LogP contribution in [0.15, 0.2) is 17.2 Å². The van der Waals surface area contributed by atoms with Gasteiger partial charge >= 0.3 is 0 Å². The van der Waals surface area contributed by atoms with Crippen molar-refractivity contribution in [3.05, 3.63) is 27.9 Å². The zero-order valence-electron chi connectivity index (χ0n) is 9.82. The molecule has 2 rings (SSSR count). The summed E-state index contributed by atoms with van der Waals surface area (Å²) in [6.07, 6.45) is 5.38. The molecule has 0 aliphatic carbocycles. The standard InChI is InChI=1S/C12H18N2OS/c1-9-8-16-12(14-9)7-10(13-2)11-5-3-4-6-15-11/h5,8,10,13H,3-4,6-7H2,1-2H3. The van der Waals surface area contributed by atoms with E-state index < -0.39 is 0 Å². The molecule has 0 saturated heterocycles. The van der Waals surface area contributed by atoms with Gasteiger partial charge in [0.25, 0.3) is 0 Å². The van der Waals surface area contributed by atoms with Crippen LogP contribution in [-0.4, -0.2) is 24.7 Å². The Morgan fingerprint density at radius 3 is 3.06 bits per heavy atom. The molecule has 1 atom stereocenters. The second kappa shape index (κ2) is 5.46. The van der Waals surface area contributed by atoms with Crippen LogP contribution < -0.4 is 5.32 Å². The first-order chi connectivity index (χ1) is 7.79. The van der Waals surface area contributed by atoms with Crippen LogP contribution in [0.5, 0.6) is 0 Å². The van der Waals surface area contributed by atoms with Crippen LogP contribution in [0.2, 0.25) is 0 Å². The Kier molecular flexibility index (Phi) is 3.96. The maximum atomic E-state index is 5.69. The highest BCUT2D eigenvalue weighted by atomic mass is 32.1. The molecule has 1 aliphatic heterocycles. The van der Waals surface area contributed by atoms with Crippen LogP contribution in [0.4, 0.5) is 0 Å². The third kappa shape index (κ3) is 2.83. The van der Waals surface area contributed by atoms with Crippen molar-refractivity contribution in [1.82, 2.24) is 10.3 Å². The van der Waals surface area contributed by atoms with E-state index in [1.54, 1.807) is 11.3 Å². The molecule has 0 bridgehead atoms. The summed E-state index contributed by atoms with van der Waals surface area (Å²) < 4.78 is 5.69. The van der Waals surface area contributed by atoms with Gasteiger partial charge in [0, 0.05) is 17.5 Å². The van der Waals surface area contributed by atoms with E-state index in [0.29, 0.717) is 0 Å². The average Bonchev–Trinajstić information content (AvgIpc) is 2.73. The van der Waals surface area contributed by atoms with E-state index >= 15 is 0 Å². The molecule has 0 amide bonds. The van der Waals surface area contributed by atoms with Crippen LogP contribution in [-0.2, 0) is 11.2 Å². The lowest BCUT2D eigenvalue weighted by Crippen LogP contribution is -2.32. The van der Waals surface area contributed by atoms with E-state index in [1.807, 2.05) is 14.0 Å². The molecule has 0 fully saturated rings. The van der Waals surface area contributed by atoms with E-state index in [-0.39, 0.29) is 6.04 Å². The number of hydrogen-bond acceptors (Lipinski definition) is 4. The number of aromatic nitrogens is 1. The molecule has 1 aromatic rings. The number of ether oxygens (including phenoxy) is 1. The molecule has 3 nitrogen and oxygen atoms in total. The van der Waals surface area contributed by atoms with Crippen molar-refractivity contribution in [2.75, 3.05) is 13.7 Å². The molecule has 4 heteroatoms. The molecule has 0 spiro atoms. The van der Waals surface area contributed by atoms with Crippen molar-refractivity contribution in [2.24, 2.45) is 0 Å². The highest BCUT2D eigenvalue weighted by Crippen LogP contribution is 2.18. The van der Waals surface area contributed by atoms with Crippen molar-refractivity contribution in [1.29, 1.82) is 0 Å². The number of hydrogen-bond donors (Lipinski definition) is 1. The third-order valence-corrected chi connectivity index (χ3v) is 3.69. The summed E-state index contributed by atoms with van der Waals surface area (Å²) in [5, 5.41) is 6.57. The largest absolute Gasteiger partial charge is 0.497 e. The van der Waals surface area contributed by atoms with Crippen LogP contribution >= 0.6 is 11.3 Å². The van der Waals surface area contributed by atoms with E-state index in [0.717, 1.165) is 37.3 Å². The van der Waals surface area contributed by atoms with Gasteiger partial charge in [-0.3, -0.25) is 0 Å². The molecule has 0 aromatic carbocycles. The number of nitrogens with one attached hydrogen (secondary N) is 1. The van der Waals surface area contributed by atoms with Crippen LogP contribution in [0, 0.1) is 6.92 Å². The number of rotatable bonds is 4. The van der Waals surface area contributed by atoms with Gasteiger partial charge in [0.15, 0.2) is 0 Å². The van der Waals surface area contributed by atoms with Crippen molar-refractivity contribution in [3.8, 4) is 0 Å². The predicted octanol–water partition coefficient (Wildman–Crippen LogP) is 2.28. The highest BCUT2D eigenvalue weighted by molar-refractivity contribution is 7.09. The van der Waals surface area contributed by atoms with E-state index in [9.17, 15) is 0 Å². The number of thiazole rings is 1. The fourth-order valence-corrected chi connectivity index (χ4v) is 2.65. The molecule has 1 aliphatic rings. The van der Waals surface area contributed by atoms with Crippen LogP contribution in [0.25, 0.3) is 0 Å². The van der Waals surface area contributed by atoms with E-state index in [4.69, 9.17) is 4.74 Å². The minimum absolute atomic E-state index is 0.269. The average molecular weight is 238 g/mol. The maximum Gasteiger partial charge on any atom is 0.109 e. The molecule has 1 N–H and O–H groups in total. The number of likely N-dealkylation sites (N-methyl/N-ethyl adjacent to an activating group) is 1. The summed E-state index contributed by atoms with van der Waals surface area (Å²) in [6.45, 7) is 2.88.